The number of aromatic nitrogens is 3. The molecule has 2 atom stereocenters. The largest absolute Gasteiger partial charge is 0.481 e. The van der Waals surface area contributed by atoms with Gasteiger partial charge < -0.3 is 31.1 Å². The van der Waals surface area contributed by atoms with Gasteiger partial charge in [0.1, 0.15) is 0 Å². The summed E-state index contributed by atoms with van der Waals surface area (Å²) in [5, 5.41) is 22.3. The Kier molecular flexibility index (Phi) is 10.6. The third-order valence-corrected chi connectivity index (χ3v) is 8.04. The maximum Gasteiger partial charge on any atom is 0.220 e. The van der Waals surface area contributed by atoms with E-state index in [9.17, 15) is 9.90 Å². The van der Waals surface area contributed by atoms with Crippen LogP contribution in [0.3, 0.4) is 0 Å². The van der Waals surface area contributed by atoms with Gasteiger partial charge in [-0.2, -0.15) is 0 Å². The lowest BCUT2D eigenvalue weighted by molar-refractivity contribution is -0.119. The van der Waals surface area contributed by atoms with Crippen LogP contribution in [0.25, 0.3) is 22.5 Å². The van der Waals surface area contributed by atoms with Crippen LogP contribution in [0.2, 0.25) is 5.02 Å². The number of methoxy groups -OCH3 is 1. The number of aliphatic hydroxyl groups is 1. The number of pyridine rings is 3. The van der Waals surface area contributed by atoms with Gasteiger partial charge in [0.2, 0.25) is 11.8 Å². The van der Waals surface area contributed by atoms with Gasteiger partial charge in [-0.05, 0) is 50.1 Å². The molecule has 1 saturated heterocycles. The summed E-state index contributed by atoms with van der Waals surface area (Å²) in [5.74, 6) is 0.145. The number of ether oxygens (including phenoxy) is 1. The summed E-state index contributed by atoms with van der Waals surface area (Å²) in [6.07, 6.45) is 4.09. The van der Waals surface area contributed by atoms with Crippen molar-refractivity contribution in [2.75, 3.05) is 25.5 Å². The topological polar surface area (TPSA) is 133 Å². The number of hydrogen-bond acceptors (Lipinski definition) is 9. The van der Waals surface area contributed by atoms with Crippen LogP contribution >= 0.6 is 11.6 Å². The Morgan fingerprint density at radius 2 is 1.89 bits per heavy atom. The van der Waals surface area contributed by atoms with Crippen LogP contribution in [0.4, 0.5) is 15.9 Å². The third-order valence-electron chi connectivity index (χ3n) is 7.63. The molecule has 45 heavy (non-hydrogen) atoms. The summed E-state index contributed by atoms with van der Waals surface area (Å²) < 4.78 is 20.9. The van der Waals surface area contributed by atoms with E-state index in [0.29, 0.717) is 59.5 Å². The average molecular weight is 634 g/mol. The van der Waals surface area contributed by atoms with Crippen molar-refractivity contribution < 1.29 is 19.0 Å². The molecule has 0 aliphatic carbocycles. The fourth-order valence-corrected chi connectivity index (χ4v) is 5.55. The van der Waals surface area contributed by atoms with Gasteiger partial charge in [0, 0.05) is 73.3 Å². The average Bonchev–Trinajstić information content (AvgIpc) is 3.45. The van der Waals surface area contributed by atoms with E-state index >= 15 is 4.39 Å². The lowest BCUT2D eigenvalue weighted by Crippen LogP contribution is -2.35. The number of carbonyl (C=O) groups excluding carboxylic acids is 1. The SMILES string of the molecule is COc1nc(-c2ccnc(-c3cccc(Nc4nccc(CNC[C@H](C)O)c4F)c3Cl)c2C)ccc1CNC[C@@H]1CCC(=O)N1. The molecule has 1 aromatic carbocycles. The molecule has 0 saturated carbocycles. The summed E-state index contributed by atoms with van der Waals surface area (Å²) in [6.45, 7) is 5.43. The maximum atomic E-state index is 15.3. The quantitative estimate of drug-likeness (QED) is 0.139. The highest BCUT2D eigenvalue weighted by Gasteiger charge is 2.21. The highest BCUT2D eigenvalue weighted by atomic mass is 35.5. The summed E-state index contributed by atoms with van der Waals surface area (Å²) in [4.78, 5) is 25.1. The number of carbonyl (C=O) groups is 1. The molecule has 236 valence electrons. The summed E-state index contributed by atoms with van der Waals surface area (Å²) >= 11 is 6.89. The normalized spacial score (nSPS) is 15.2. The molecule has 1 fully saturated rings. The number of nitrogens with one attached hydrogen (secondary N) is 4. The number of anilines is 2. The van der Waals surface area contributed by atoms with Gasteiger partial charge >= 0.3 is 0 Å². The Labute approximate surface area is 266 Å². The summed E-state index contributed by atoms with van der Waals surface area (Å²) in [5.41, 5.74) is 5.59. The van der Waals surface area contributed by atoms with E-state index in [1.54, 1.807) is 32.4 Å². The molecular formula is C33H37ClFN7O3. The molecule has 1 amide bonds. The fraction of sp³-hybridized carbons (Fsp3) is 0.333. The van der Waals surface area contributed by atoms with Crippen molar-refractivity contribution in [1.82, 2.24) is 30.9 Å². The van der Waals surface area contributed by atoms with E-state index < -0.39 is 11.9 Å². The predicted octanol–water partition coefficient (Wildman–Crippen LogP) is 4.90. The predicted molar refractivity (Wildman–Crippen MR) is 173 cm³/mol. The molecule has 0 spiro atoms. The molecule has 1 aliphatic heterocycles. The highest BCUT2D eigenvalue weighted by molar-refractivity contribution is 6.36. The third kappa shape index (κ3) is 7.74. The van der Waals surface area contributed by atoms with Gasteiger partial charge in [0.15, 0.2) is 11.6 Å². The Morgan fingerprint density at radius 3 is 2.64 bits per heavy atom. The number of nitrogens with zero attached hydrogens (tertiary/aromatic N) is 3. The minimum Gasteiger partial charge on any atom is -0.481 e. The van der Waals surface area contributed by atoms with Gasteiger partial charge in [-0.15, -0.1) is 0 Å². The van der Waals surface area contributed by atoms with E-state index in [2.05, 4.69) is 31.2 Å². The summed E-state index contributed by atoms with van der Waals surface area (Å²) in [6, 6.07) is 13.0. The zero-order valence-electron chi connectivity index (χ0n) is 25.5. The van der Waals surface area contributed by atoms with Crippen molar-refractivity contribution in [1.29, 1.82) is 0 Å². The van der Waals surface area contributed by atoms with Gasteiger partial charge in [-0.3, -0.25) is 9.78 Å². The molecule has 4 aromatic rings. The number of hydrogen-bond donors (Lipinski definition) is 5. The van der Waals surface area contributed by atoms with E-state index in [1.807, 2.05) is 37.3 Å². The molecule has 12 heteroatoms. The van der Waals surface area contributed by atoms with Crippen LogP contribution in [-0.2, 0) is 17.9 Å². The second-order valence-corrected chi connectivity index (χ2v) is 11.4. The summed E-state index contributed by atoms with van der Waals surface area (Å²) in [7, 11) is 1.59. The van der Waals surface area contributed by atoms with E-state index in [1.165, 1.54) is 6.20 Å². The van der Waals surface area contributed by atoms with Crippen LogP contribution in [0, 0.1) is 12.7 Å². The van der Waals surface area contributed by atoms with Crippen LogP contribution in [0.1, 0.15) is 36.5 Å². The van der Waals surface area contributed by atoms with Crippen molar-refractivity contribution in [3.8, 4) is 28.4 Å². The number of aliphatic hydroxyl groups excluding tert-OH is 1. The molecule has 0 radical (unpaired) electrons. The Bertz CT molecular complexity index is 1670. The lowest BCUT2D eigenvalue weighted by atomic mass is 9.99. The number of halogens is 2. The van der Waals surface area contributed by atoms with E-state index in [0.717, 1.165) is 28.8 Å². The number of benzene rings is 1. The first-order valence-electron chi connectivity index (χ1n) is 14.8. The zero-order valence-corrected chi connectivity index (χ0v) is 26.2. The standard InChI is InChI=1S/C33H37ClFN7O3/c1-19(43)15-36-16-21-11-13-39-32(30(21)35)41-27-6-4-5-25(29(27)34)31-20(2)24(12-14-38-31)26-9-7-22(33(42-26)45-3)17-37-18-23-8-10-28(44)40-23/h4-7,9,11-14,19,23,36-37,43H,8,10,15-18H2,1-3H3,(H,39,41)(H,40,44)/t19-,23-/m0/s1. The Balaban J connectivity index is 1.36. The smallest absolute Gasteiger partial charge is 0.220 e. The Morgan fingerprint density at radius 1 is 1.09 bits per heavy atom. The van der Waals surface area contributed by atoms with Crippen LogP contribution in [0.15, 0.2) is 54.9 Å². The molecule has 0 bridgehead atoms. The second kappa shape index (κ2) is 14.7. The molecule has 1 aliphatic rings. The first-order valence-corrected chi connectivity index (χ1v) is 15.2. The van der Waals surface area contributed by atoms with Crippen LogP contribution in [0.5, 0.6) is 5.88 Å². The second-order valence-electron chi connectivity index (χ2n) is 11.0. The van der Waals surface area contributed by atoms with Gasteiger partial charge in [-0.25, -0.2) is 14.4 Å². The molecular weight excluding hydrogens is 597 g/mol. The van der Waals surface area contributed by atoms with Gasteiger partial charge in [0.25, 0.3) is 0 Å². The molecule has 10 nitrogen and oxygen atoms in total. The van der Waals surface area contributed by atoms with Crippen molar-refractivity contribution in [2.24, 2.45) is 0 Å². The van der Waals surface area contributed by atoms with Gasteiger partial charge in [0.05, 0.1) is 35.3 Å². The lowest BCUT2D eigenvalue weighted by Gasteiger charge is -2.16. The number of rotatable bonds is 13. The van der Waals surface area contributed by atoms with Crippen molar-refractivity contribution in [3.63, 3.8) is 0 Å². The van der Waals surface area contributed by atoms with Gasteiger partial charge in [-0.1, -0.05) is 29.8 Å². The molecule has 0 unspecified atom stereocenters. The molecule has 4 heterocycles. The highest BCUT2D eigenvalue weighted by Crippen LogP contribution is 2.38. The minimum absolute atomic E-state index is 0.0442. The van der Waals surface area contributed by atoms with E-state index in [4.69, 9.17) is 21.3 Å². The zero-order chi connectivity index (χ0) is 31.9. The van der Waals surface area contributed by atoms with E-state index in [-0.39, 0.29) is 24.3 Å². The van der Waals surface area contributed by atoms with Crippen molar-refractivity contribution in [3.05, 3.63) is 82.4 Å². The molecule has 5 N–H and O–H groups in total. The Hall–Kier alpha value is -4.16. The number of amides is 1. The van der Waals surface area contributed by atoms with Crippen LogP contribution < -0.4 is 26.0 Å². The molecule has 5 rings (SSSR count). The monoisotopic (exact) mass is 633 g/mol. The van der Waals surface area contributed by atoms with Crippen LogP contribution in [-0.4, -0.2) is 58.3 Å². The molecule has 3 aromatic heterocycles. The first kappa shape index (κ1) is 32.2. The maximum absolute atomic E-state index is 15.3. The van der Waals surface area contributed by atoms with Crippen molar-refractivity contribution >= 4 is 29.0 Å². The first-order chi connectivity index (χ1) is 21.7. The van der Waals surface area contributed by atoms with Crippen molar-refractivity contribution in [2.45, 2.75) is 51.9 Å². The minimum atomic E-state index is -0.539. The fourth-order valence-electron chi connectivity index (χ4n) is 5.29.